The molecule has 0 aliphatic heterocycles. The van der Waals surface area contributed by atoms with E-state index in [2.05, 4.69) is 20.6 Å². The summed E-state index contributed by atoms with van der Waals surface area (Å²) in [7, 11) is 0. The van der Waals surface area contributed by atoms with E-state index in [1.165, 1.54) is 24.3 Å². The number of carboxylic acids is 1. The number of halogens is 3. The maximum atomic E-state index is 13.3. The van der Waals surface area contributed by atoms with E-state index in [-0.39, 0.29) is 29.4 Å². The minimum atomic E-state index is -4.59. The highest BCUT2D eigenvalue weighted by molar-refractivity contribution is 5.88. The van der Waals surface area contributed by atoms with Gasteiger partial charge in [0.05, 0.1) is 5.56 Å². The minimum absolute atomic E-state index is 0.0221. The lowest BCUT2D eigenvalue weighted by Crippen LogP contribution is -2.33. The van der Waals surface area contributed by atoms with Crippen LogP contribution in [0, 0.1) is 0 Å². The molecule has 7 nitrogen and oxygen atoms in total. The van der Waals surface area contributed by atoms with Crippen LogP contribution in [0.5, 0.6) is 0 Å². The number of aromatic carboxylic acids is 1. The van der Waals surface area contributed by atoms with Gasteiger partial charge in [-0.15, -0.1) is 0 Å². The number of nitrogens with zero attached hydrogens (tertiary/aromatic N) is 2. The third-order valence-corrected chi connectivity index (χ3v) is 4.59. The van der Waals surface area contributed by atoms with Crippen molar-refractivity contribution < 1.29 is 23.1 Å². The van der Waals surface area contributed by atoms with Gasteiger partial charge in [-0.05, 0) is 49.9 Å². The fourth-order valence-electron chi connectivity index (χ4n) is 3.04. The Hall–Kier alpha value is -2.88. The molecule has 1 saturated carbocycles. The SMILES string of the molecule is NC1CCC(Nc2nc(Nc3ccc(C(=O)O)cc3)ncc2C(F)(F)F)CC1. The van der Waals surface area contributed by atoms with Crippen LogP contribution in [0.2, 0.25) is 0 Å². The molecular weight excluding hydrogens is 375 g/mol. The standard InChI is InChI=1S/C18H20F3N5O2/c19-18(20,21)14-9-23-17(25-13-5-1-10(2-6-13)16(27)28)26-15(14)24-12-7-3-11(22)4-8-12/h1-2,5-6,9,11-12H,3-4,7-8,22H2,(H,27,28)(H2,23,24,25,26). The largest absolute Gasteiger partial charge is 0.478 e. The molecule has 0 bridgehead atoms. The number of nitrogens with two attached hydrogens (primary N) is 1. The molecule has 1 aliphatic carbocycles. The summed E-state index contributed by atoms with van der Waals surface area (Å²) in [6.45, 7) is 0. The summed E-state index contributed by atoms with van der Waals surface area (Å²) in [5, 5.41) is 14.6. The maximum absolute atomic E-state index is 13.3. The van der Waals surface area contributed by atoms with Crippen LogP contribution in [0.3, 0.4) is 0 Å². The lowest BCUT2D eigenvalue weighted by atomic mass is 9.92. The number of alkyl halides is 3. The number of hydrogen-bond donors (Lipinski definition) is 4. The van der Waals surface area contributed by atoms with Gasteiger partial charge < -0.3 is 21.5 Å². The molecule has 0 amide bonds. The van der Waals surface area contributed by atoms with Crippen molar-refractivity contribution in [1.82, 2.24) is 9.97 Å². The molecule has 0 unspecified atom stereocenters. The molecule has 28 heavy (non-hydrogen) atoms. The summed E-state index contributed by atoms with van der Waals surface area (Å²) in [6, 6.07) is 5.66. The van der Waals surface area contributed by atoms with Crippen LogP contribution in [0.4, 0.5) is 30.6 Å². The van der Waals surface area contributed by atoms with E-state index in [1.54, 1.807) is 0 Å². The van der Waals surface area contributed by atoms with Crippen LogP contribution >= 0.6 is 0 Å². The lowest BCUT2D eigenvalue weighted by Gasteiger charge is -2.28. The minimum Gasteiger partial charge on any atom is -0.478 e. The molecule has 0 radical (unpaired) electrons. The molecule has 0 saturated heterocycles. The number of benzene rings is 1. The molecule has 0 atom stereocenters. The van der Waals surface area contributed by atoms with Crippen LogP contribution in [0.1, 0.15) is 41.6 Å². The lowest BCUT2D eigenvalue weighted by molar-refractivity contribution is -0.137. The molecule has 1 heterocycles. The van der Waals surface area contributed by atoms with Crippen molar-refractivity contribution in [2.24, 2.45) is 5.73 Å². The van der Waals surface area contributed by atoms with Crippen molar-refractivity contribution in [2.45, 2.75) is 43.9 Å². The Balaban J connectivity index is 1.81. The highest BCUT2D eigenvalue weighted by Gasteiger charge is 2.36. The zero-order chi connectivity index (χ0) is 20.3. The normalized spacial score (nSPS) is 19.9. The van der Waals surface area contributed by atoms with E-state index < -0.39 is 17.7 Å². The molecular formula is C18H20F3N5O2. The van der Waals surface area contributed by atoms with Crippen LogP contribution in [0.15, 0.2) is 30.5 Å². The molecule has 0 spiro atoms. The Morgan fingerprint density at radius 1 is 1.14 bits per heavy atom. The van der Waals surface area contributed by atoms with Crippen molar-refractivity contribution in [3.8, 4) is 0 Å². The van der Waals surface area contributed by atoms with Gasteiger partial charge in [-0.2, -0.15) is 18.2 Å². The van der Waals surface area contributed by atoms with Gasteiger partial charge in [0.15, 0.2) is 0 Å². The van der Waals surface area contributed by atoms with Crippen molar-refractivity contribution in [3.63, 3.8) is 0 Å². The summed E-state index contributed by atoms with van der Waals surface area (Å²) >= 11 is 0. The van der Waals surface area contributed by atoms with Gasteiger partial charge in [0.2, 0.25) is 5.95 Å². The summed E-state index contributed by atoms with van der Waals surface area (Å²) in [4.78, 5) is 18.6. The molecule has 1 fully saturated rings. The molecule has 1 aromatic heterocycles. The highest BCUT2D eigenvalue weighted by atomic mass is 19.4. The van der Waals surface area contributed by atoms with Crippen LogP contribution in [0.25, 0.3) is 0 Å². The summed E-state index contributed by atoms with van der Waals surface area (Å²) in [6.07, 6.45) is -1.03. The molecule has 3 rings (SSSR count). The van der Waals surface area contributed by atoms with Crippen molar-refractivity contribution in [2.75, 3.05) is 10.6 Å². The molecule has 10 heteroatoms. The Bertz CT molecular complexity index is 834. The van der Waals surface area contributed by atoms with Gasteiger partial charge in [0.1, 0.15) is 11.4 Å². The second-order valence-electron chi connectivity index (χ2n) is 6.72. The fraction of sp³-hybridized carbons (Fsp3) is 0.389. The third kappa shape index (κ3) is 4.89. The van der Waals surface area contributed by atoms with Gasteiger partial charge in [0.25, 0.3) is 0 Å². The zero-order valence-electron chi connectivity index (χ0n) is 14.8. The van der Waals surface area contributed by atoms with Crippen molar-refractivity contribution in [1.29, 1.82) is 0 Å². The second-order valence-corrected chi connectivity index (χ2v) is 6.72. The number of nitrogens with one attached hydrogen (secondary N) is 2. The Kier molecular flexibility index (Phi) is 5.68. The van der Waals surface area contributed by atoms with Gasteiger partial charge in [-0.1, -0.05) is 0 Å². The Labute approximate surface area is 159 Å². The monoisotopic (exact) mass is 395 g/mol. The van der Waals surface area contributed by atoms with Crippen LogP contribution < -0.4 is 16.4 Å². The molecule has 150 valence electrons. The van der Waals surface area contributed by atoms with Gasteiger partial charge in [0, 0.05) is 24.0 Å². The van der Waals surface area contributed by atoms with Crippen molar-refractivity contribution in [3.05, 3.63) is 41.6 Å². The average molecular weight is 395 g/mol. The Morgan fingerprint density at radius 2 is 1.79 bits per heavy atom. The van der Waals surface area contributed by atoms with Gasteiger partial charge in [-0.25, -0.2) is 9.78 Å². The average Bonchev–Trinajstić information content (AvgIpc) is 2.63. The first-order chi connectivity index (χ1) is 13.2. The molecule has 2 aromatic rings. The maximum Gasteiger partial charge on any atom is 0.421 e. The van der Waals surface area contributed by atoms with Gasteiger partial charge >= 0.3 is 12.1 Å². The van der Waals surface area contributed by atoms with E-state index in [9.17, 15) is 18.0 Å². The fourth-order valence-corrected chi connectivity index (χ4v) is 3.04. The van der Waals surface area contributed by atoms with E-state index in [1.807, 2.05) is 0 Å². The van der Waals surface area contributed by atoms with Crippen LogP contribution in [-0.2, 0) is 6.18 Å². The predicted molar refractivity (Wildman–Crippen MR) is 97.6 cm³/mol. The first kappa shape index (κ1) is 19.9. The first-order valence-electron chi connectivity index (χ1n) is 8.79. The van der Waals surface area contributed by atoms with E-state index in [0.717, 1.165) is 19.0 Å². The van der Waals surface area contributed by atoms with Gasteiger partial charge in [-0.3, -0.25) is 0 Å². The number of anilines is 3. The number of hydrogen-bond acceptors (Lipinski definition) is 6. The summed E-state index contributed by atoms with van der Waals surface area (Å²) in [5.74, 6) is -1.38. The highest BCUT2D eigenvalue weighted by Crippen LogP contribution is 2.35. The van der Waals surface area contributed by atoms with E-state index in [0.29, 0.717) is 18.5 Å². The molecule has 5 N–H and O–H groups in total. The number of carbonyl (C=O) groups is 1. The van der Waals surface area contributed by atoms with Crippen LogP contribution in [-0.4, -0.2) is 33.1 Å². The number of rotatable bonds is 5. The molecule has 1 aromatic carbocycles. The summed E-state index contributed by atoms with van der Waals surface area (Å²) in [5.41, 5.74) is 5.46. The number of aromatic nitrogens is 2. The topological polar surface area (TPSA) is 113 Å². The molecule has 1 aliphatic rings. The summed E-state index contributed by atoms with van der Waals surface area (Å²) < 4.78 is 40.0. The first-order valence-corrected chi connectivity index (χ1v) is 8.79. The predicted octanol–water partition coefficient (Wildman–Crippen LogP) is 3.62. The Morgan fingerprint density at radius 3 is 2.36 bits per heavy atom. The third-order valence-electron chi connectivity index (χ3n) is 4.59. The van der Waals surface area contributed by atoms with E-state index >= 15 is 0 Å². The quantitative estimate of drug-likeness (QED) is 0.611. The zero-order valence-corrected chi connectivity index (χ0v) is 14.8. The second kappa shape index (κ2) is 8.01. The number of carboxylic acid groups (broad SMARTS) is 1. The smallest absolute Gasteiger partial charge is 0.421 e. The van der Waals surface area contributed by atoms with Crippen molar-refractivity contribution >= 4 is 23.4 Å². The van der Waals surface area contributed by atoms with E-state index in [4.69, 9.17) is 10.8 Å².